The molecule has 0 atom stereocenters. The molecule has 28 heavy (non-hydrogen) atoms. The minimum absolute atomic E-state index is 0.270. The first-order valence-electron chi connectivity index (χ1n) is 9.74. The molecule has 1 fully saturated rings. The van der Waals surface area contributed by atoms with Crippen LogP contribution in [0.4, 0.5) is 0 Å². The molecule has 1 aliphatic rings. The third kappa shape index (κ3) is 6.49. The Labute approximate surface area is 166 Å². The van der Waals surface area contributed by atoms with E-state index in [0.29, 0.717) is 26.4 Å². The van der Waals surface area contributed by atoms with Gasteiger partial charge in [-0.1, -0.05) is 5.16 Å². The van der Waals surface area contributed by atoms with Crippen LogP contribution in [0, 0.1) is 5.92 Å². The van der Waals surface area contributed by atoms with E-state index in [9.17, 15) is 4.79 Å². The first-order valence-corrected chi connectivity index (χ1v) is 9.74. The van der Waals surface area contributed by atoms with Crippen LogP contribution in [0.2, 0.25) is 0 Å². The Bertz CT molecular complexity index is 635. The molecule has 2 rings (SSSR count). The Hall–Kier alpha value is -2.12. The van der Waals surface area contributed by atoms with E-state index >= 15 is 0 Å². The zero-order chi connectivity index (χ0) is 20.4. The molecular formula is C21H31NO6. The number of hydrogen-bond acceptors (Lipinski definition) is 7. The third-order valence-corrected chi connectivity index (χ3v) is 4.63. The van der Waals surface area contributed by atoms with E-state index in [4.69, 9.17) is 23.8 Å². The highest BCUT2D eigenvalue weighted by molar-refractivity contribution is 5.98. The van der Waals surface area contributed by atoms with Gasteiger partial charge in [0.2, 0.25) is 0 Å². The highest BCUT2D eigenvalue weighted by Gasteiger charge is 2.41. The van der Waals surface area contributed by atoms with E-state index in [2.05, 4.69) is 5.16 Å². The molecule has 0 unspecified atom stereocenters. The second-order valence-electron chi connectivity index (χ2n) is 6.89. The van der Waals surface area contributed by atoms with Crippen molar-refractivity contribution in [3.63, 3.8) is 0 Å². The second-order valence-corrected chi connectivity index (χ2v) is 6.89. The molecule has 0 saturated carbocycles. The minimum Gasteiger partial charge on any atom is -0.494 e. The van der Waals surface area contributed by atoms with Crippen LogP contribution >= 0.6 is 0 Å². The van der Waals surface area contributed by atoms with Gasteiger partial charge < -0.3 is 23.8 Å². The van der Waals surface area contributed by atoms with Gasteiger partial charge in [-0.25, -0.2) is 4.79 Å². The average molecular weight is 393 g/mol. The Morgan fingerprint density at radius 2 is 1.89 bits per heavy atom. The predicted molar refractivity (Wildman–Crippen MR) is 105 cm³/mol. The summed E-state index contributed by atoms with van der Waals surface area (Å²) in [4.78, 5) is 17.1. The maximum Gasteiger partial charge on any atom is 0.366 e. The average Bonchev–Trinajstić information content (AvgIpc) is 2.72. The summed E-state index contributed by atoms with van der Waals surface area (Å²) in [6, 6.07) is 7.80. The van der Waals surface area contributed by atoms with Crippen LogP contribution < -0.4 is 4.74 Å². The number of carbonyl (C=O) groups excluding carboxylic acids is 1. The maximum absolute atomic E-state index is 11.6. The van der Waals surface area contributed by atoms with Gasteiger partial charge in [-0.3, -0.25) is 0 Å². The predicted octanol–water partition coefficient (Wildman–Crippen LogP) is 3.55. The van der Waals surface area contributed by atoms with Crippen molar-refractivity contribution >= 4 is 11.7 Å². The molecule has 0 radical (unpaired) electrons. The lowest BCUT2D eigenvalue weighted by atomic mass is 10.0. The van der Waals surface area contributed by atoms with Crippen LogP contribution in [-0.4, -0.2) is 51.0 Å². The topological polar surface area (TPSA) is 75.6 Å². The summed E-state index contributed by atoms with van der Waals surface area (Å²) in [5.74, 6) is -0.656. The van der Waals surface area contributed by atoms with Crippen molar-refractivity contribution in [2.75, 3.05) is 33.5 Å². The van der Waals surface area contributed by atoms with Gasteiger partial charge in [-0.05, 0) is 62.9 Å². The smallest absolute Gasteiger partial charge is 0.366 e. The van der Waals surface area contributed by atoms with Crippen molar-refractivity contribution in [3.8, 4) is 5.75 Å². The molecule has 1 heterocycles. The van der Waals surface area contributed by atoms with Gasteiger partial charge in [-0.15, -0.1) is 0 Å². The molecule has 0 spiro atoms. The van der Waals surface area contributed by atoms with Crippen LogP contribution in [0.3, 0.4) is 0 Å². The fourth-order valence-corrected chi connectivity index (χ4v) is 2.87. The summed E-state index contributed by atoms with van der Waals surface area (Å²) >= 11 is 0. The lowest BCUT2D eigenvalue weighted by Gasteiger charge is -2.35. The number of ether oxygens (including phenoxy) is 4. The van der Waals surface area contributed by atoms with Crippen molar-refractivity contribution in [2.24, 2.45) is 11.1 Å². The Kier molecular flexibility index (Phi) is 8.73. The Balaban J connectivity index is 1.61. The van der Waals surface area contributed by atoms with E-state index in [1.807, 2.05) is 38.1 Å². The molecule has 7 nitrogen and oxygen atoms in total. The van der Waals surface area contributed by atoms with Crippen LogP contribution in [-0.2, 0) is 23.8 Å². The first-order chi connectivity index (χ1) is 13.5. The minimum atomic E-state index is -1.28. The number of esters is 1. The number of nitrogens with zero attached hydrogens (tertiary/aromatic N) is 1. The molecule has 0 aliphatic carbocycles. The van der Waals surface area contributed by atoms with Crippen molar-refractivity contribution in [2.45, 2.75) is 45.8 Å². The van der Waals surface area contributed by atoms with E-state index in [1.54, 1.807) is 6.92 Å². The third-order valence-electron chi connectivity index (χ3n) is 4.63. The number of hydrogen-bond donors (Lipinski definition) is 0. The summed E-state index contributed by atoms with van der Waals surface area (Å²) in [5.41, 5.74) is 1.84. The summed E-state index contributed by atoms with van der Waals surface area (Å²) in [7, 11) is 1.33. The Morgan fingerprint density at radius 1 is 1.21 bits per heavy atom. The fraction of sp³-hybridized carbons (Fsp3) is 0.619. The number of oxime groups is 1. The number of benzene rings is 1. The molecule has 0 bridgehead atoms. The molecule has 1 saturated heterocycles. The zero-order valence-corrected chi connectivity index (χ0v) is 17.2. The maximum atomic E-state index is 11.6. The number of unbranched alkanes of at least 4 members (excludes halogenated alkanes) is 1. The summed E-state index contributed by atoms with van der Waals surface area (Å²) in [6.45, 7) is 7.66. The SMILES string of the molecule is CCOc1ccc(C(C)=NOCCCCC2COC(C)(C(=O)OC)OC2)cc1. The number of rotatable bonds is 10. The van der Waals surface area contributed by atoms with Crippen LogP contribution in [0.15, 0.2) is 29.4 Å². The quantitative estimate of drug-likeness (QED) is 0.262. The Morgan fingerprint density at radius 3 is 2.50 bits per heavy atom. The van der Waals surface area contributed by atoms with Crippen molar-refractivity contribution in [3.05, 3.63) is 29.8 Å². The van der Waals surface area contributed by atoms with Crippen LogP contribution in [0.25, 0.3) is 0 Å². The molecule has 1 aliphatic heterocycles. The first kappa shape index (κ1) is 22.2. The van der Waals surface area contributed by atoms with Gasteiger partial charge in [0.25, 0.3) is 5.79 Å². The van der Waals surface area contributed by atoms with Gasteiger partial charge >= 0.3 is 5.97 Å². The van der Waals surface area contributed by atoms with Gasteiger partial charge in [0.15, 0.2) is 0 Å². The van der Waals surface area contributed by atoms with Gasteiger partial charge in [0.05, 0.1) is 32.6 Å². The number of carbonyl (C=O) groups is 1. The van der Waals surface area contributed by atoms with E-state index < -0.39 is 11.8 Å². The van der Waals surface area contributed by atoms with Crippen molar-refractivity contribution < 1.29 is 28.6 Å². The summed E-state index contributed by atoms with van der Waals surface area (Å²) < 4.78 is 21.2. The van der Waals surface area contributed by atoms with Gasteiger partial charge in [-0.2, -0.15) is 0 Å². The standard InChI is InChI=1S/C21H31NO6/c1-5-25-19-11-9-18(10-12-19)16(2)22-28-13-7-6-8-17-14-26-21(3,27-15-17)20(23)24-4/h9-12,17H,5-8,13-15H2,1-4H3. The molecule has 0 aromatic heterocycles. The van der Waals surface area contributed by atoms with Crippen LogP contribution in [0.1, 0.15) is 45.6 Å². The molecule has 0 N–H and O–H groups in total. The highest BCUT2D eigenvalue weighted by Crippen LogP contribution is 2.25. The molecule has 7 heteroatoms. The number of methoxy groups -OCH3 is 1. The van der Waals surface area contributed by atoms with E-state index in [-0.39, 0.29) is 5.92 Å². The van der Waals surface area contributed by atoms with Crippen molar-refractivity contribution in [1.29, 1.82) is 0 Å². The van der Waals surface area contributed by atoms with Gasteiger partial charge in [0, 0.05) is 12.8 Å². The van der Waals surface area contributed by atoms with Crippen molar-refractivity contribution in [1.82, 2.24) is 0 Å². The normalized spacial score (nSPS) is 22.6. The van der Waals surface area contributed by atoms with Gasteiger partial charge in [0.1, 0.15) is 12.4 Å². The molecule has 156 valence electrons. The summed E-state index contributed by atoms with van der Waals surface area (Å²) in [6.07, 6.45) is 2.82. The van der Waals surface area contributed by atoms with E-state index in [1.165, 1.54) is 7.11 Å². The molecule has 0 amide bonds. The molecule has 1 aromatic rings. The highest BCUT2D eigenvalue weighted by atomic mass is 16.7. The lowest BCUT2D eigenvalue weighted by Crippen LogP contribution is -2.48. The monoisotopic (exact) mass is 393 g/mol. The van der Waals surface area contributed by atoms with E-state index in [0.717, 1.165) is 36.3 Å². The zero-order valence-electron chi connectivity index (χ0n) is 17.2. The molecule has 1 aromatic carbocycles. The fourth-order valence-electron chi connectivity index (χ4n) is 2.87. The molecular weight excluding hydrogens is 362 g/mol. The largest absolute Gasteiger partial charge is 0.494 e. The summed E-state index contributed by atoms with van der Waals surface area (Å²) in [5, 5.41) is 4.18. The van der Waals surface area contributed by atoms with Crippen LogP contribution in [0.5, 0.6) is 5.75 Å². The second kappa shape index (κ2) is 11.0. The lowest BCUT2D eigenvalue weighted by molar-refractivity contribution is -0.272.